The number of rotatable bonds is 7. The van der Waals surface area contributed by atoms with Crippen LogP contribution in [0.4, 0.5) is 0 Å². The zero-order valence-electron chi connectivity index (χ0n) is 11.4. The molecular weight excluding hydrogens is 224 g/mol. The summed E-state index contributed by atoms with van der Waals surface area (Å²) in [6.07, 6.45) is 2.31. The lowest BCUT2D eigenvalue weighted by Gasteiger charge is -2.17. The van der Waals surface area contributed by atoms with Crippen molar-refractivity contribution in [3.05, 3.63) is 35.9 Å². The summed E-state index contributed by atoms with van der Waals surface area (Å²) in [4.78, 5) is 11.7. The second-order valence-electron chi connectivity index (χ2n) is 5.12. The fraction of sp³-hybridized carbons (Fsp3) is 0.533. The highest BCUT2D eigenvalue weighted by Crippen LogP contribution is 2.05. The molecule has 1 amide bonds. The third-order valence-electron chi connectivity index (χ3n) is 2.92. The van der Waals surface area contributed by atoms with Crippen LogP contribution in [0.3, 0.4) is 0 Å². The van der Waals surface area contributed by atoms with Gasteiger partial charge in [0, 0.05) is 19.0 Å². The van der Waals surface area contributed by atoms with Crippen LogP contribution in [-0.4, -0.2) is 18.5 Å². The van der Waals surface area contributed by atoms with E-state index in [0.717, 1.165) is 12.8 Å². The zero-order valence-corrected chi connectivity index (χ0v) is 11.4. The largest absolute Gasteiger partial charge is 0.352 e. The maximum Gasteiger partial charge on any atom is 0.220 e. The van der Waals surface area contributed by atoms with Gasteiger partial charge < -0.3 is 11.1 Å². The molecule has 1 aromatic rings. The molecule has 0 aliphatic carbocycles. The van der Waals surface area contributed by atoms with Gasteiger partial charge in [0.05, 0.1) is 0 Å². The molecule has 1 atom stereocenters. The molecule has 0 saturated carbocycles. The van der Waals surface area contributed by atoms with Crippen molar-refractivity contribution in [3.63, 3.8) is 0 Å². The molecule has 0 fully saturated rings. The topological polar surface area (TPSA) is 55.1 Å². The Kier molecular flexibility index (Phi) is 6.44. The number of nitrogens with two attached hydrogens (primary N) is 1. The summed E-state index contributed by atoms with van der Waals surface area (Å²) in [6, 6.07) is 10.1. The van der Waals surface area contributed by atoms with Crippen molar-refractivity contribution >= 4 is 5.91 Å². The molecular formula is C15H24N2O. The summed E-state index contributed by atoms with van der Waals surface area (Å²) in [5.41, 5.74) is 6.92. The highest BCUT2D eigenvalue weighted by molar-refractivity contribution is 5.76. The number of amides is 1. The van der Waals surface area contributed by atoms with Crippen molar-refractivity contribution in [1.29, 1.82) is 0 Å². The van der Waals surface area contributed by atoms with Crippen molar-refractivity contribution in [3.8, 4) is 0 Å². The molecule has 0 aliphatic rings. The highest BCUT2D eigenvalue weighted by Gasteiger charge is 2.11. The van der Waals surface area contributed by atoms with Gasteiger partial charge in [-0.2, -0.15) is 0 Å². The molecule has 0 saturated heterocycles. The molecule has 3 nitrogen and oxygen atoms in total. The summed E-state index contributed by atoms with van der Waals surface area (Å²) in [6.45, 7) is 4.72. The maximum atomic E-state index is 11.7. The van der Waals surface area contributed by atoms with Gasteiger partial charge >= 0.3 is 0 Å². The minimum atomic E-state index is 0.0343. The molecule has 3 N–H and O–H groups in total. The smallest absolute Gasteiger partial charge is 0.220 e. The van der Waals surface area contributed by atoms with Crippen molar-refractivity contribution in [2.24, 2.45) is 11.7 Å². The number of carbonyl (C=O) groups excluding carboxylic acids is 1. The van der Waals surface area contributed by atoms with Crippen LogP contribution in [0.25, 0.3) is 0 Å². The fourth-order valence-electron chi connectivity index (χ4n) is 1.81. The van der Waals surface area contributed by atoms with E-state index in [2.05, 4.69) is 31.3 Å². The zero-order chi connectivity index (χ0) is 13.4. The predicted molar refractivity (Wildman–Crippen MR) is 75.2 cm³/mol. The number of hydrogen-bond donors (Lipinski definition) is 2. The number of carbonyl (C=O) groups is 1. The summed E-state index contributed by atoms with van der Waals surface area (Å²) >= 11 is 0. The van der Waals surface area contributed by atoms with Crippen molar-refractivity contribution in [1.82, 2.24) is 5.32 Å². The molecule has 0 heterocycles. The van der Waals surface area contributed by atoms with Crippen LogP contribution in [-0.2, 0) is 11.2 Å². The first-order chi connectivity index (χ1) is 8.61. The van der Waals surface area contributed by atoms with Crippen molar-refractivity contribution < 1.29 is 4.79 Å². The number of hydrogen-bond acceptors (Lipinski definition) is 2. The van der Waals surface area contributed by atoms with Gasteiger partial charge in [0.15, 0.2) is 0 Å². The molecule has 0 aliphatic heterocycles. The first kappa shape index (κ1) is 14.7. The van der Waals surface area contributed by atoms with E-state index in [0.29, 0.717) is 18.9 Å². The molecule has 0 spiro atoms. The Hall–Kier alpha value is -1.35. The standard InChI is InChI=1S/C15H24N2O/c1-12(2)8-9-15(18)17-14(11-16)10-13-6-4-3-5-7-13/h3-7,12,14H,8-11,16H2,1-2H3,(H,17,18). The van der Waals surface area contributed by atoms with Gasteiger partial charge in [-0.3, -0.25) is 4.79 Å². The van der Waals surface area contributed by atoms with Gasteiger partial charge in [-0.25, -0.2) is 0 Å². The third-order valence-corrected chi connectivity index (χ3v) is 2.92. The van der Waals surface area contributed by atoms with E-state index >= 15 is 0 Å². The first-order valence-corrected chi connectivity index (χ1v) is 6.65. The molecule has 0 radical (unpaired) electrons. The second kappa shape index (κ2) is 7.88. The van der Waals surface area contributed by atoms with Gasteiger partial charge in [-0.1, -0.05) is 44.2 Å². The van der Waals surface area contributed by atoms with Crippen molar-refractivity contribution in [2.45, 2.75) is 39.2 Å². The number of benzene rings is 1. The third kappa shape index (κ3) is 5.82. The minimum absolute atomic E-state index is 0.0343. The Morgan fingerprint density at radius 3 is 2.50 bits per heavy atom. The highest BCUT2D eigenvalue weighted by atomic mass is 16.1. The van der Waals surface area contributed by atoms with Gasteiger partial charge in [0.25, 0.3) is 0 Å². The quantitative estimate of drug-likeness (QED) is 0.776. The van der Waals surface area contributed by atoms with E-state index < -0.39 is 0 Å². The van der Waals surface area contributed by atoms with E-state index in [9.17, 15) is 4.79 Å². The molecule has 1 unspecified atom stereocenters. The Labute approximate surface area is 110 Å². The van der Waals surface area contributed by atoms with Crippen LogP contribution in [0.5, 0.6) is 0 Å². The van der Waals surface area contributed by atoms with Crippen LogP contribution in [0.2, 0.25) is 0 Å². The van der Waals surface area contributed by atoms with Crippen LogP contribution >= 0.6 is 0 Å². The Morgan fingerprint density at radius 1 is 1.28 bits per heavy atom. The predicted octanol–water partition coefficient (Wildman–Crippen LogP) is 2.11. The average Bonchev–Trinajstić information content (AvgIpc) is 2.37. The monoisotopic (exact) mass is 248 g/mol. The van der Waals surface area contributed by atoms with Crippen LogP contribution in [0, 0.1) is 5.92 Å². The van der Waals surface area contributed by atoms with Gasteiger partial charge in [0.1, 0.15) is 0 Å². The minimum Gasteiger partial charge on any atom is -0.352 e. The van der Waals surface area contributed by atoms with E-state index in [1.807, 2.05) is 18.2 Å². The fourth-order valence-corrected chi connectivity index (χ4v) is 1.81. The lowest BCUT2D eigenvalue weighted by molar-refractivity contribution is -0.122. The van der Waals surface area contributed by atoms with E-state index in [4.69, 9.17) is 5.73 Å². The normalized spacial score (nSPS) is 12.4. The summed E-state index contributed by atoms with van der Waals surface area (Å²) < 4.78 is 0. The molecule has 0 aromatic heterocycles. The molecule has 1 aromatic carbocycles. The average molecular weight is 248 g/mol. The first-order valence-electron chi connectivity index (χ1n) is 6.65. The van der Waals surface area contributed by atoms with Crippen LogP contribution in [0.1, 0.15) is 32.3 Å². The molecule has 3 heteroatoms. The molecule has 18 heavy (non-hydrogen) atoms. The van der Waals surface area contributed by atoms with Gasteiger partial charge in [-0.15, -0.1) is 0 Å². The maximum absolute atomic E-state index is 11.7. The molecule has 100 valence electrons. The Morgan fingerprint density at radius 2 is 1.94 bits per heavy atom. The van der Waals surface area contributed by atoms with Crippen molar-refractivity contribution in [2.75, 3.05) is 6.54 Å². The molecule has 0 bridgehead atoms. The lowest BCUT2D eigenvalue weighted by Crippen LogP contribution is -2.41. The SMILES string of the molecule is CC(C)CCC(=O)NC(CN)Cc1ccccc1. The van der Waals surface area contributed by atoms with Gasteiger partial charge in [-0.05, 0) is 24.3 Å². The van der Waals surface area contributed by atoms with Crippen LogP contribution < -0.4 is 11.1 Å². The summed E-state index contributed by atoms with van der Waals surface area (Å²) in [7, 11) is 0. The second-order valence-corrected chi connectivity index (χ2v) is 5.12. The lowest BCUT2D eigenvalue weighted by atomic mass is 10.0. The van der Waals surface area contributed by atoms with Crippen LogP contribution in [0.15, 0.2) is 30.3 Å². The Balaban J connectivity index is 2.40. The number of nitrogens with one attached hydrogen (secondary N) is 1. The Bertz CT molecular complexity index is 349. The summed E-state index contributed by atoms with van der Waals surface area (Å²) in [5, 5.41) is 3.01. The van der Waals surface area contributed by atoms with E-state index in [1.54, 1.807) is 0 Å². The summed E-state index contributed by atoms with van der Waals surface area (Å²) in [5.74, 6) is 0.663. The van der Waals surface area contributed by atoms with Gasteiger partial charge in [0.2, 0.25) is 5.91 Å². The van der Waals surface area contributed by atoms with E-state index in [1.165, 1.54) is 5.56 Å². The molecule has 1 rings (SSSR count). The van der Waals surface area contributed by atoms with E-state index in [-0.39, 0.29) is 11.9 Å².